The minimum absolute atomic E-state index is 0.146. The molecule has 7 nitrogen and oxygen atoms in total. The van der Waals surface area contributed by atoms with Crippen molar-refractivity contribution in [1.82, 2.24) is 4.98 Å². The molecular formula is C26H19N3O4. The number of benzene rings is 2. The summed E-state index contributed by atoms with van der Waals surface area (Å²) in [6.45, 7) is 0. The van der Waals surface area contributed by atoms with Crippen LogP contribution >= 0.6 is 0 Å². The van der Waals surface area contributed by atoms with Gasteiger partial charge in [-0.3, -0.25) is 29.1 Å². The number of anilines is 2. The van der Waals surface area contributed by atoms with Gasteiger partial charge in [-0.2, -0.15) is 0 Å². The highest BCUT2D eigenvalue weighted by Gasteiger charge is 2.59. The third-order valence-corrected chi connectivity index (χ3v) is 7.04. The summed E-state index contributed by atoms with van der Waals surface area (Å²) in [4.78, 5) is 55.7. The maximum Gasteiger partial charge on any atom is 0.255 e. The number of carbonyl (C=O) groups excluding carboxylic acids is 4. The number of pyridine rings is 1. The van der Waals surface area contributed by atoms with E-state index in [4.69, 9.17) is 0 Å². The molecule has 3 aliphatic rings. The molecule has 2 aromatic carbocycles. The van der Waals surface area contributed by atoms with Crippen LogP contribution in [0.5, 0.6) is 0 Å². The summed E-state index contributed by atoms with van der Waals surface area (Å²) in [5.41, 5.74) is 2.37. The second-order valence-electron chi connectivity index (χ2n) is 8.73. The zero-order chi connectivity index (χ0) is 22.7. The van der Waals surface area contributed by atoms with Gasteiger partial charge in [0.1, 0.15) is 0 Å². The van der Waals surface area contributed by atoms with Crippen molar-refractivity contribution >= 4 is 46.3 Å². The molecular weight excluding hydrogens is 418 g/mol. The second-order valence-corrected chi connectivity index (χ2v) is 8.73. The predicted octanol–water partition coefficient (Wildman–Crippen LogP) is 3.61. The molecule has 1 aromatic heterocycles. The molecule has 1 aliphatic heterocycles. The third-order valence-electron chi connectivity index (χ3n) is 7.04. The van der Waals surface area contributed by atoms with Gasteiger partial charge in [0.2, 0.25) is 11.8 Å². The zero-order valence-electron chi connectivity index (χ0n) is 17.5. The Morgan fingerprint density at radius 3 is 2.33 bits per heavy atom. The number of rotatable bonds is 4. The van der Waals surface area contributed by atoms with Crippen LogP contribution in [0.1, 0.15) is 27.1 Å². The lowest BCUT2D eigenvalue weighted by atomic mass is 9.85. The lowest BCUT2D eigenvalue weighted by Gasteiger charge is -2.17. The van der Waals surface area contributed by atoms with E-state index < -0.39 is 0 Å². The molecule has 2 heterocycles. The summed E-state index contributed by atoms with van der Waals surface area (Å²) in [5, 5.41) is 3.49. The number of carbonyl (C=O) groups is 4. The molecule has 7 heteroatoms. The Morgan fingerprint density at radius 1 is 0.970 bits per heavy atom. The molecule has 2 fully saturated rings. The van der Waals surface area contributed by atoms with Crippen molar-refractivity contribution in [2.24, 2.45) is 23.7 Å². The first-order valence-corrected chi connectivity index (χ1v) is 10.9. The van der Waals surface area contributed by atoms with Crippen molar-refractivity contribution < 1.29 is 19.2 Å². The number of hydrogen-bond acceptors (Lipinski definition) is 5. The minimum atomic E-state index is -0.356. The molecule has 2 aliphatic carbocycles. The number of nitrogens with one attached hydrogen (secondary N) is 1. The molecule has 0 spiro atoms. The van der Waals surface area contributed by atoms with Crippen LogP contribution in [-0.2, 0) is 9.59 Å². The van der Waals surface area contributed by atoms with E-state index in [0.717, 1.165) is 12.7 Å². The Bertz CT molecular complexity index is 1350. The number of aldehydes is 1. The Kier molecular flexibility index (Phi) is 4.26. The summed E-state index contributed by atoms with van der Waals surface area (Å²) in [6.07, 6.45) is 7.29. The summed E-state index contributed by atoms with van der Waals surface area (Å²) in [7, 11) is 0. The highest BCUT2D eigenvalue weighted by Crippen LogP contribution is 2.53. The zero-order valence-corrected chi connectivity index (χ0v) is 17.5. The standard InChI is InChI=1S/C26H19N3O4/c30-13-17-10-11-27-23-19(17)2-1-3-20(23)28-24(31)14-6-8-18(9-7-14)29-25(32)21-15-4-5-16(12-15)22(21)26(29)33/h1-11,13,15-16,21-22H,12H2,(H,28,31)/t15-,16?,21-,22+/m0/s1. The summed E-state index contributed by atoms with van der Waals surface area (Å²) in [5.74, 6) is -0.860. The molecule has 33 heavy (non-hydrogen) atoms. The fourth-order valence-corrected chi connectivity index (χ4v) is 5.51. The predicted molar refractivity (Wildman–Crippen MR) is 122 cm³/mol. The van der Waals surface area contributed by atoms with Gasteiger partial charge in [-0.05, 0) is 54.7 Å². The molecule has 4 atom stereocenters. The number of amides is 3. The van der Waals surface area contributed by atoms with Gasteiger partial charge in [0.25, 0.3) is 5.91 Å². The number of hydrogen-bond donors (Lipinski definition) is 1. The molecule has 1 N–H and O–H groups in total. The summed E-state index contributed by atoms with van der Waals surface area (Å²) < 4.78 is 0. The van der Waals surface area contributed by atoms with Gasteiger partial charge in [0, 0.05) is 22.7 Å². The van der Waals surface area contributed by atoms with E-state index in [2.05, 4.69) is 22.5 Å². The monoisotopic (exact) mass is 437 g/mol. The first-order chi connectivity index (χ1) is 16.1. The Balaban J connectivity index is 1.24. The van der Waals surface area contributed by atoms with Gasteiger partial charge in [-0.15, -0.1) is 0 Å². The SMILES string of the molecule is O=Cc1ccnc2c(NC(=O)c3ccc(N4C(=O)[C@@H]5[C@H](C4=O)C4C=C[C@H]5C4)cc3)cccc12. The van der Waals surface area contributed by atoms with Gasteiger partial charge >= 0.3 is 0 Å². The molecule has 3 amide bonds. The van der Waals surface area contributed by atoms with E-state index in [1.807, 2.05) is 0 Å². The van der Waals surface area contributed by atoms with Crippen LogP contribution in [0.4, 0.5) is 11.4 Å². The highest BCUT2D eigenvalue weighted by molar-refractivity contribution is 6.23. The number of fused-ring (bicyclic) bond motifs is 6. The van der Waals surface area contributed by atoms with Gasteiger partial charge in [0.05, 0.1) is 28.7 Å². The number of imide groups is 1. The van der Waals surface area contributed by atoms with E-state index in [-0.39, 0.29) is 41.4 Å². The average Bonchev–Trinajstić information content (AvgIpc) is 3.52. The molecule has 1 saturated heterocycles. The van der Waals surface area contributed by atoms with Crippen molar-refractivity contribution in [1.29, 1.82) is 0 Å². The molecule has 0 radical (unpaired) electrons. The lowest BCUT2D eigenvalue weighted by Crippen LogP contribution is -2.32. The third kappa shape index (κ3) is 2.85. The van der Waals surface area contributed by atoms with Crippen molar-refractivity contribution in [3.05, 3.63) is 78.0 Å². The normalized spacial score (nSPS) is 25.0. The van der Waals surface area contributed by atoms with Gasteiger partial charge in [-0.25, -0.2) is 0 Å². The maximum absolute atomic E-state index is 13.0. The fourth-order valence-electron chi connectivity index (χ4n) is 5.51. The largest absolute Gasteiger partial charge is 0.320 e. The first kappa shape index (κ1) is 19.5. The van der Waals surface area contributed by atoms with Gasteiger partial charge in [0.15, 0.2) is 6.29 Å². The average molecular weight is 437 g/mol. The Labute approximate surface area is 189 Å². The second kappa shape index (κ2) is 7.20. The molecule has 6 rings (SSSR count). The smallest absolute Gasteiger partial charge is 0.255 e. The topological polar surface area (TPSA) is 96.4 Å². The van der Waals surface area contributed by atoms with Gasteiger partial charge < -0.3 is 5.32 Å². The van der Waals surface area contributed by atoms with Crippen LogP contribution in [0.15, 0.2) is 66.9 Å². The first-order valence-electron chi connectivity index (χ1n) is 10.9. The van der Waals surface area contributed by atoms with Crippen LogP contribution in [0.2, 0.25) is 0 Å². The number of para-hydroxylation sites is 1. The van der Waals surface area contributed by atoms with Crippen LogP contribution in [0, 0.1) is 23.7 Å². The van der Waals surface area contributed by atoms with Crippen LogP contribution in [0.25, 0.3) is 10.9 Å². The molecule has 1 saturated carbocycles. The molecule has 2 bridgehead atoms. The number of allylic oxidation sites excluding steroid dienone is 2. The lowest BCUT2D eigenvalue weighted by molar-refractivity contribution is -0.123. The van der Waals surface area contributed by atoms with Crippen LogP contribution in [0.3, 0.4) is 0 Å². The Morgan fingerprint density at radius 2 is 1.67 bits per heavy atom. The molecule has 162 valence electrons. The molecule has 3 aromatic rings. The number of nitrogens with zero attached hydrogens (tertiary/aromatic N) is 2. The fraction of sp³-hybridized carbons (Fsp3) is 0.192. The van der Waals surface area contributed by atoms with Crippen molar-refractivity contribution in [2.45, 2.75) is 6.42 Å². The van der Waals surface area contributed by atoms with E-state index >= 15 is 0 Å². The van der Waals surface area contributed by atoms with Crippen molar-refractivity contribution in [3.63, 3.8) is 0 Å². The highest BCUT2D eigenvalue weighted by atomic mass is 16.2. The summed E-state index contributed by atoms with van der Waals surface area (Å²) in [6, 6.07) is 13.3. The Hall–Kier alpha value is -4.13. The maximum atomic E-state index is 13.0. The van der Waals surface area contributed by atoms with Gasteiger partial charge in [-0.1, -0.05) is 24.3 Å². The van der Waals surface area contributed by atoms with E-state index in [1.54, 1.807) is 48.5 Å². The van der Waals surface area contributed by atoms with E-state index in [9.17, 15) is 19.2 Å². The minimum Gasteiger partial charge on any atom is -0.320 e. The van der Waals surface area contributed by atoms with Crippen molar-refractivity contribution in [3.8, 4) is 0 Å². The van der Waals surface area contributed by atoms with Crippen LogP contribution < -0.4 is 10.2 Å². The van der Waals surface area contributed by atoms with Crippen molar-refractivity contribution in [2.75, 3.05) is 10.2 Å². The number of aromatic nitrogens is 1. The quantitative estimate of drug-likeness (QED) is 0.382. The van der Waals surface area contributed by atoms with E-state index in [1.165, 1.54) is 11.1 Å². The van der Waals surface area contributed by atoms with Crippen LogP contribution in [-0.4, -0.2) is 29.0 Å². The molecule has 1 unspecified atom stereocenters. The van der Waals surface area contributed by atoms with E-state index in [0.29, 0.717) is 33.4 Å². The summed E-state index contributed by atoms with van der Waals surface area (Å²) >= 11 is 0.